The Bertz CT molecular complexity index is 419. The molecule has 1 aromatic rings. The average molecular weight is 233 g/mol. The van der Waals surface area contributed by atoms with Crippen molar-refractivity contribution in [3.05, 3.63) is 23.8 Å². The molecule has 3 nitrogen and oxygen atoms in total. The monoisotopic (exact) mass is 233 g/mol. The zero-order valence-corrected chi connectivity index (χ0v) is 10.2. The Morgan fingerprint density at radius 2 is 2.29 bits per heavy atom. The van der Waals surface area contributed by atoms with Gasteiger partial charge in [-0.3, -0.25) is 4.90 Å². The van der Waals surface area contributed by atoms with E-state index in [1.54, 1.807) is 7.11 Å². The van der Waals surface area contributed by atoms with Crippen LogP contribution < -0.4 is 4.74 Å². The molecule has 2 fully saturated rings. The van der Waals surface area contributed by atoms with E-state index in [1.807, 2.05) is 18.2 Å². The summed E-state index contributed by atoms with van der Waals surface area (Å²) in [5.41, 5.74) is 1.18. The summed E-state index contributed by atoms with van der Waals surface area (Å²) in [6.45, 7) is 2.19. The number of methoxy groups -OCH3 is 1. The second-order valence-corrected chi connectivity index (χ2v) is 5.27. The minimum Gasteiger partial charge on any atom is -0.504 e. The number of benzene rings is 1. The predicted molar refractivity (Wildman–Crippen MR) is 66.2 cm³/mol. The smallest absolute Gasteiger partial charge is 0.160 e. The molecule has 1 saturated heterocycles. The number of phenolic OH excluding ortho intramolecular Hbond substituents is 1. The van der Waals surface area contributed by atoms with Gasteiger partial charge in [-0.05, 0) is 42.9 Å². The first-order valence-corrected chi connectivity index (χ1v) is 6.36. The minimum atomic E-state index is 0.245. The van der Waals surface area contributed by atoms with Crippen molar-refractivity contribution in [1.29, 1.82) is 0 Å². The van der Waals surface area contributed by atoms with Gasteiger partial charge < -0.3 is 9.84 Å². The Hall–Kier alpha value is -1.22. The van der Waals surface area contributed by atoms with Crippen LogP contribution in [0.1, 0.15) is 24.8 Å². The van der Waals surface area contributed by atoms with Crippen LogP contribution in [0.25, 0.3) is 0 Å². The van der Waals surface area contributed by atoms with Crippen molar-refractivity contribution in [3.8, 4) is 11.5 Å². The number of fused-ring (bicyclic) bond motifs is 2. The lowest BCUT2D eigenvalue weighted by atomic mass is 10.1. The summed E-state index contributed by atoms with van der Waals surface area (Å²) < 4.78 is 5.06. The molecular weight excluding hydrogens is 214 g/mol. The summed E-state index contributed by atoms with van der Waals surface area (Å²) in [4.78, 5) is 2.55. The van der Waals surface area contributed by atoms with E-state index < -0.39 is 0 Å². The van der Waals surface area contributed by atoms with Crippen molar-refractivity contribution < 1.29 is 9.84 Å². The highest BCUT2D eigenvalue weighted by Gasteiger charge is 2.37. The Kier molecular flexibility index (Phi) is 2.71. The lowest BCUT2D eigenvalue weighted by Gasteiger charge is -2.26. The third-order valence-corrected chi connectivity index (χ3v) is 4.15. The van der Waals surface area contributed by atoms with Gasteiger partial charge in [0.05, 0.1) is 7.11 Å². The van der Waals surface area contributed by atoms with Gasteiger partial charge in [0.15, 0.2) is 11.5 Å². The highest BCUT2D eigenvalue weighted by Crippen LogP contribution is 2.38. The van der Waals surface area contributed by atoms with Crippen LogP contribution in [-0.4, -0.2) is 29.7 Å². The van der Waals surface area contributed by atoms with E-state index >= 15 is 0 Å². The fraction of sp³-hybridized carbons (Fsp3) is 0.571. The van der Waals surface area contributed by atoms with E-state index in [-0.39, 0.29) is 5.75 Å². The van der Waals surface area contributed by atoms with Gasteiger partial charge >= 0.3 is 0 Å². The standard InChI is InChI=1S/C14H19NO2/c1-17-14-5-3-11(7-13(14)16)9-15-8-10-2-4-12(15)6-10/h3,5,7,10,12,16H,2,4,6,8-9H2,1H3. The van der Waals surface area contributed by atoms with Gasteiger partial charge in [0.2, 0.25) is 0 Å². The number of piperidine rings is 1. The van der Waals surface area contributed by atoms with Crippen molar-refractivity contribution in [2.75, 3.05) is 13.7 Å². The van der Waals surface area contributed by atoms with Gasteiger partial charge in [0.25, 0.3) is 0 Å². The van der Waals surface area contributed by atoms with E-state index in [2.05, 4.69) is 4.90 Å². The highest BCUT2D eigenvalue weighted by atomic mass is 16.5. The summed E-state index contributed by atoms with van der Waals surface area (Å²) in [6.07, 6.45) is 4.14. The Balaban J connectivity index is 1.71. The molecule has 0 amide bonds. The van der Waals surface area contributed by atoms with Crippen LogP contribution in [0.3, 0.4) is 0 Å². The zero-order chi connectivity index (χ0) is 11.8. The molecule has 2 aliphatic rings. The topological polar surface area (TPSA) is 32.7 Å². The Labute approximate surface area is 102 Å². The van der Waals surface area contributed by atoms with Gasteiger partial charge in [-0.15, -0.1) is 0 Å². The van der Waals surface area contributed by atoms with Gasteiger partial charge in [-0.25, -0.2) is 0 Å². The maximum Gasteiger partial charge on any atom is 0.160 e. The summed E-state index contributed by atoms with van der Waals surface area (Å²) in [7, 11) is 1.58. The first-order valence-electron chi connectivity index (χ1n) is 6.36. The fourth-order valence-electron chi connectivity index (χ4n) is 3.29. The maximum atomic E-state index is 9.75. The van der Waals surface area contributed by atoms with Gasteiger partial charge in [-0.2, -0.15) is 0 Å². The largest absolute Gasteiger partial charge is 0.504 e. The molecule has 1 saturated carbocycles. The third-order valence-electron chi connectivity index (χ3n) is 4.15. The molecule has 17 heavy (non-hydrogen) atoms. The maximum absolute atomic E-state index is 9.75. The summed E-state index contributed by atoms with van der Waals surface area (Å²) >= 11 is 0. The van der Waals surface area contributed by atoms with Gasteiger partial charge in [0, 0.05) is 19.1 Å². The van der Waals surface area contributed by atoms with Crippen molar-refractivity contribution in [2.45, 2.75) is 31.8 Å². The quantitative estimate of drug-likeness (QED) is 0.870. The Morgan fingerprint density at radius 1 is 1.41 bits per heavy atom. The molecule has 2 unspecified atom stereocenters. The van der Waals surface area contributed by atoms with E-state index in [0.29, 0.717) is 5.75 Å². The van der Waals surface area contributed by atoms with Crippen LogP contribution in [0.4, 0.5) is 0 Å². The predicted octanol–water partition coefficient (Wildman–Crippen LogP) is 2.39. The first-order chi connectivity index (χ1) is 8.26. The number of likely N-dealkylation sites (tertiary alicyclic amines) is 1. The summed E-state index contributed by atoms with van der Waals surface area (Å²) in [5, 5.41) is 9.75. The molecule has 2 atom stereocenters. The second kappa shape index (κ2) is 4.22. The number of phenols is 1. The SMILES string of the molecule is COc1ccc(CN2CC3CCC2C3)cc1O. The molecule has 1 aliphatic carbocycles. The lowest BCUT2D eigenvalue weighted by Crippen LogP contribution is -2.31. The number of hydrogen-bond donors (Lipinski definition) is 1. The van der Waals surface area contributed by atoms with E-state index in [9.17, 15) is 5.11 Å². The molecule has 1 aromatic carbocycles. The number of nitrogens with zero attached hydrogens (tertiary/aromatic N) is 1. The van der Waals surface area contributed by atoms with E-state index in [0.717, 1.165) is 18.5 Å². The van der Waals surface area contributed by atoms with Crippen molar-refractivity contribution in [2.24, 2.45) is 5.92 Å². The van der Waals surface area contributed by atoms with Crippen LogP contribution in [0, 0.1) is 5.92 Å². The number of rotatable bonds is 3. The molecule has 3 rings (SSSR count). The van der Waals surface area contributed by atoms with Gasteiger partial charge in [-0.1, -0.05) is 6.07 Å². The molecule has 2 bridgehead atoms. The van der Waals surface area contributed by atoms with Crippen LogP contribution in [0.2, 0.25) is 0 Å². The number of ether oxygens (including phenoxy) is 1. The first kappa shape index (κ1) is 10.9. The second-order valence-electron chi connectivity index (χ2n) is 5.27. The molecule has 1 aliphatic heterocycles. The highest BCUT2D eigenvalue weighted by molar-refractivity contribution is 5.41. The zero-order valence-electron chi connectivity index (χ0n) is 10.2. The molecular formula is C14H19NO2. The third kappa shape index (κ3) is 2.00. The van der Waals surface area contributed by atoms with E-state index in [1.165, 1.54) is 31.4 Å². The minimum absolute atomic E-state index is 0.245. The molecule has 0 spiro atoms. The van der Waals surface area contributed by atoms with Crippen molar-refractivity contribution in [3.63, 3.8) is 0 Å². The normalized spacial score (nSPS) is 27.6. The molecule has 3 heteroatoms. The van der Waals surface area contributed by atoms with Crippen molar-refractivity contribution in [1.82, 2.24) is 4.90 Å². The molecule has 0 aromatic heterocycles. The fourth-order valence-corrected chi connectivity index (χ4v) is 3.29. The number of hydrogen-bond acceptors (Lipinski definition) is 3. The van der Waals surface area contributed by atoms with Crippen LogP contribution >= 0.6 is 0 Å². The lowest BCUT2D eigenvalue weighted by molar-refractivity contribution is 0.205. The van der Waals surface area contributed by atoms with Gasteiger partial charge in [0.1, 0.15) is 0 Å². The molecule has 1 N–H and O–H groups in total. The molecule has 1 heterocycles. The van der Waals surface area contributed by atoms with Crippen LogP contribution in [0.5, 0.6) is 11.5 Å². The van der Waals surface area contributed by atoms with Crippen LogP contribution in [0.15, 0.2) is 18.2 Å². The summed E-state index contributed by atoms with van der Waals surface area (Å²) in [6, 6.07) is 6.50. The molecule has 92 valence electrons. The van der Waals surface area contributed by atoms with Crippen molar-refractivity contribution >= 4 is 0 Å². The Morgan fingerprint density at radius 3 is 2.88 bits per heavy atom. The average Bonchev–Trinajstić information content (AvgIpc) is 2.91. The van der Waals surface area contributed by atoms with Crippen LogP contribution in [-0.2, 0) is 6.54 Å². The molecule has 0 radical (unpaired) electrons. The van der Waals surface area contributed by atoms with E-state index in [4.69, 9.17) is 4.74 Å². The summed E-state index contributed by atoms with van der Waals surface area (Å²) in [5.74, 6) is 1.72. The number of aromatic hydroxyl groups is 1.